The van der Waals surface area contributed by atoms with Crippen LogP contribution in [0.2, 0.25) is 0 Å². The van der Waals surface area contributed by atoms with Gasteiger partial charge in [0.1, 0.15) is 4.90 Å². The van der Waals surface area contributed by atoms with Crippen molar-refractivity contribution in [1.82, 2.24) is 15.5 Å². The van der Waals surface area contributed by atoms with Gasteiger partial charge in [-0.3, -0.25) is 9.89 Å². The molecule has 1 aromatic heterocycles. The summed E-state index contributed by atoms with van der Waals surface area (Å²) >= 11 is 0. The second-order valence-electron chi connectivity index (χ2n) is 5.80. The molecule has 0 saturated heterocycles. The third kappa shape index (κ3) is 3.62. The lowest BCUT2D eigenvalue weighted by Crippen LogP contribution is -2.34. The molecule has 2 unspecified atom stereocenters. The molecule has 8 heteroatoms. The van der Waals surface area contributed by atoms with Gasteiger partial charge in [0.25, 0.3) is 5.91 Å². The van der Waals surface area contributed by atoms with Crippen LogP contribution in [0, 0.1) is 18.8 Å². The quantitative estimate of drug-likeness (QED) is 0.765. The molecule has 0 aliphatic heterocycles. The fourth-order valence-electron chi connectivity index (χ4n) is 2.92. The number of aryl methyl sites for hydroxylation is 1. The monoisotopic (exact) mass is 314 g/mol. The highest BCUT2D eigenvalue weighted by Crippen LogP contribution is 2.29. The van der Waals surface area contributed by atoms with E-state index in [4.69, 9.17) is 5.14 Å². The number of hydrogen-bond donors (Lipinski definition) is 3. The summed E-state index contributed by atoms with van der Waals surface area (Å²) in [6.45, 7) is 4.24. The molecule has 1 fully saturated rings. The van der Waals surface area contributed by atoms with E-state index >= 15 is 0 Å². The molecule has 21 heavy (non-hydrogen) atoms. The van der Waals surface area contributed by atoms with Gasteiger partial charge in [0.05, 0.1) is 5.69 Å². The minimum absolute atomic E-state index is 0.154. The normalized spacial score (nSPS) is 23.0. The Balaban J connectivity index is 2.08. The van der Waals surface area contributed by atoms with Gasteiger partial charge in [0.15, 0.2) is 5.69 Å². The number of aromatic amines is 1. The average molecular weight is 314 g/mol. The Kier molecular flexibility index (Phi) is 4.67. The van der Waals surface area contributed by atoms with E-state index in [0.29, 0.717) is 18.4 Å². The zero-order valence-electron chi connectivity index (χ0n) is 12.3. The van der Waals surface area contributed by atoms with Crippen molar-refractivity contribution in [2.75, 3.05) is 6.54 Å². The van der Waals surface area contributed by atoms with E-state index in [2.05, 4.69) is 22.4 Å². The number of hydrogen-bond acceptors (Lipinski definition) is 4. The summed E-state index contributed by atoms with van der Waals surface area (Å²) in [6.07, 6.45) is 4.67. The highest BCUT2D eigenvalue weighted by Gasteiger charge is 2.27. The second-order valence-corrected chi connectivity index (χ2v) is 7.30. The molecule has 1 aromatic rings. The van der Waals surface area contributed by atoms with Gasteiger partial charge in [-0.25, -0.2) is 13.6 Å². The van der Waals surface area contributed by atoms with Crippen LogP contribution in [-0.4, -0.2) is 31.1 Å². The molecule has 118 valence electrons. The Morgan fingerprint density at radius 3 is 2.71 bits per heavy atom. The van der Waals surface area contributed by atoms with Gasteiger partial charge in [-0.05, 0) is 25.2 Å². The molecule has 1 amide bonds. The number of H-pyrrole nitrogens is 1. The number of carbonyl (C=O) groups excluding carboxylic acids is 1. The molecular formula is C13H22N4O3S. The third-order valence-electron chi connectivity index (χ3n) is 4.20. The van der Waals surface area contributed by atoms with Crippen LogP contribution in [0.4, 0.5) is 0 Å². The highest BCUT2D eigenvalue weighted by molar-refractivity contribution is 7.89. The summed E-state index contributed by atoms with van der Waals surface area (Å²) in [5.74, 6) is 0.500. The zero-order chi connectivity index (χ0) is 15.6. The van der Waals surface area contributed by atoms with E-state index in [-0.39, 0.29) is 16.3 Å². The Morgan fingerprint density at radius 2 is 2.10 bits per heavy atom. The van der Waals surface area contributed by atoms with E-state index in [1.807, 2.05) is 0 Å². The molecule has 2 atom stereocenters. The molecule has 1 saturated carbocycles. The summed E-state index contributed by atoms with van der Waals surface area (Å²) in [5, 5.41) is 14.2. The van der Waals surface area contributed by atoms with Gasteiger partial charge in [-0.15, -0.1) is 0 Å². The van der Waals surface area contributed by atoms with Crippen LogP contribution < -0.4 is 10.5 Å². The van der Waals surface area contributed by atoms with E-state index in [9.17, 15) is 13.2 Å². The number of primary sulfonamides is 1. The lowest BCUT2D eigenvalue weighted by molar-refractivity contribution is 0.0928. The SMILES string of the molecule is Cc1[nH]nc(C(=O)NCC2CCCCC2C)c1S(N)(=O)=O. The highest BCUT2D eigenvalue weighted by atomic mass is 32.2. The van der Waals surface area contributed by atoms with E-state index in [0.717, 1.165) is 6.42 Å². The van der Waals surface area contributed by atoms with Crippen LogP contribution in [-0.2, 0) is 10.0 Å². The van der Waals surface area contributed by atoms with Crippen LogP contribution in [0.1, 0.15) is 48.8 Å². The minimum Gasteiger partial charge on any atom is -0.350 e. The van der Waals surface area contributed by atoms with E-state index in [1.165, 1.54) is 26.2 Å². The first-order valence-corrected chi connectivity index (χ1v) is 8.71. The van der Waals surface area contributed by atoms with Crippen LogP contribution in [0.3, 0.4) is 0 Å². The minimum atomic E-state index is -3.97. The predicted octanol–water partition coefficient (Wildman–Crippen LogP) is 0.922. The van der Waals surface area contributed by atoms with E-state index in [1.54, 1.807) is 0 Å². The maximum Gasteiger partial charge on any atom is 0.273 e. The number of nitrogens with one attached hydrogen (secondary N) is 2. The lowest BCUT2D eigenvalue weighted by atomic mass is 9.80. The summed E-state index contributed by atoms with van der Waals surface area (Å²) in [5.41, 5.74) is 0.118. The van der Waals surface area contributed by atoms with Crippen molar-refractivity contribution in [2.45, 2.75) is 44.4 Å². The average Bonchev–Trinajstić information content (AvgIpc) is 2.79. The maximum atomic E-state index is 12.2. The Morgan fingerprint density at radius 1 is 1.43 bits per heavy atom. The Labute approximate surface area is 124 Å². The van der Waals surface area contributed by atoms with Crippen molar-refractivity contribution in [3.63, 3.8) is 0 Å². The molecule has 1 aliphatic carbocycles. The number of aromatic nitrogens is 2. The van der Waals surface area contributed by atoms with Crippen LogP contribution in [0.5, 0.6) is 0 Å². The first-order valence-electron chi connectivity index (χ1n) is 7.16. The summed E-state index contributed by atoms with van der Waals surface area (Å²) in [6, 6.07) is 0. The molecule has 1 heterocycles. The van der Waals surface area contributed by atoms with Crippen LogP contribution in [0.15, 0.2) is 4.90 Å². The fourth-order valence-corrected chi connectivity index (χ4v) is 3.81. The Bertz CT molecular complexity index is 623. The van der Waals surface area contributed by atoms with Crippen molar-refractivity contribution in [3.05, 3.63) is 11.4 Å². The summed E-state index contributed by atoms with van der Waals surface area (Å²) in [7, 11) is -3.97. The van der Waals surface area contributed by atoms with Gasteiger partial charge in [-0.2, -0.15) is 5.10 Å². The molecule has 0 bridgehead atoms. The Hall–Kier alpha value is -1.41. The smallest absolute Gasteiger partial charge is 0.273 e. The van der Waals surface area contributed by atoms with Gasteiger partial charge in [0.2, 0.25) is 10.0 Å². The van der Waals surface area contributed by atoms with Gasteiger partial charge < -0.3 is 5.32 Å². The van der Waals surface area contributed by atoms with Gasteiger partial charge in [-0.1, -0.05) is 26.2 Å². The molecule has 0 aromatic carbocycles. The zero-order valence-corrected chi connectivity index (χ0v) is 13.2. The number of nitrogens with zero attached hydrogens (tertiary/aromatic N) is 1. The lowest BCUT2D eigenvalue weighted by Gasteiger charge is -2.28. The van der Waals surface area contributed by atoms with Gasteiger partial charge in [0, 0.05) is 6.54 Å². The number of sulfonamides is 1. The molecule has 2 rings (SSSR count). The van der Waals surface area contributed by atoms with Crippen molar-refractivity contribution in [2.24, 2.45) is 17.0 Å². The molecule has 1 aliphatic rings. The summed E-state index contributed by atoms with van der Waals surface area (Å²) in [4.78, 5) is 11.9. The largest absolute Gasteiger partial charge is 0.350 e. The first-order chi connectivity index (χ1) is 9.80. The van der Waals surface area contributed by atoms with Crippen molar-refractivity contribution >= 4 is 15.9 Å². The second kappa shape index (κ2) is 6.15. The van der Waals surface area contributed by atoms with E-state index < -0.39 is 15.9 Å². The molecule has 0 radical (unpaired) electrons. The number of amides is 1. The van der Waals surface area contributed by atoms with Crippen molar-refractivity contribution in [3.8, 4) is 0 Å². The molecular weight excluding hydrogens is 292 g/mol. The molecule has 0 spiro atoms. The standard InChI is InChI=1S/C13H22N4O3S/c1-8-5-3-4-6-10(8)7-15-13(18)11-12(21(14,19)20)9(2)16-17-11/h8,10H,3-7H2,1-2H3,(H,15,18)(H,16,17)(H2,14,19,20). The van der Waals surface area contributed by atoms with Crippen LogP contribution in [0.25, 0.3) is 0 Å². The third-order valence-corrected chi connectivity index (χ3v) is 5.27. The first kappa shape index (κ1) is 16.0. The summed E-state index contributed by atoms with van der Waals surface area (Å²) < 4.78 is 23.1. The van der Waals surface area contributed by atoms with Crippen molar-refractivity contribution in [1.29, 1.82) is 0 Å². The molecule has 7 nitrogen and oxygen atoms in total. The number of carbonyl (C=O) groups is 1. The number of nitrogens with two attached hydrogens (primary N) is 1. The molecule has 4 N–H and O–H groups in total. The number of rotatable bonds is 4. The topological polar surface area (TPSA) is 118 Å². The predicted molar refractivity (Wildman–Crippen MR) is 78.2 cm³/mol. The van der Waals surface area contributed by atoms with Gasteiger partial charge >= 0.3 is 0 Å². The van der Waals surface area contributed by atoms with Crippen LogP contribution >= 0.6 is 0 Å². The maximum absolute atomic E-state index is 12.2. The fraction of sp³-hybridized carbons (Fsp3) is 0.692. The van der Waals surface area contributed by atoms with Crippen molar-refractivity contribution < 1.29 is 13.2 Å².